The molecule has 2 unspecified atom stereocenters. The average molecular weight is 272 g/mol. The third-order valence-corrected chi connectivity index (χ3v) is 5.01. The zero-order valence-electron chi connectivity index (χ0n) is 12.3. The Bertz CT molecular complexity index is 498. The van der Waals surface area contributed by atoms with Crippen LogP contribution in [0.4, 0.5) is 5.69 Å². The molecule has 0 bridgehead atoms. The van der Waals surface area contributed by atoms with E-state index >= 15 is 0 Å². The van der Waals surface area contributed by atoms with Crippen molar-refractivity contribution in [1.82, 2.24) is 0 Å². The van der Waals surface area contributed by atoms with Gasteiger partial charge in [-0.15, -0.1) is 0 Å². The topological polar surface area (TPSA) is 35.8 Å². The fourth-order valence-corrected chi connectivity index (χ4v) is 3.85. The predicted molar refractivity (Wildman–Crippen MR) is 82.8 cm³/mol. The lowest BCUT2D eigenvalue weighted by Crippen LogP contribution is -2.43. The molecule has 3 rings (SSSR count). The number of para-hydroxylation sites is 1. The lowest BCUT2D eigenvalue weighted by molar-refractivity contribution is 0.301. The van der Waals surface area contributed by atoms with Crippen molar-refractivity contribution in [3.05, 3.63) is 29.8 Å². The molecule has 2 aliphatic rings. The maximum atomic E-state index is 9.18. The Kier molecular flexibility index (Phi) is 3.95. The van der Waals surface area contributed by atoms with Crippen LogP contribution in [0, 0.1) is 5.92 Å². The lowest BCUT2D eigenvalue weighted by atomic mass is 9.82. The zero-order valence-corrected chi connectivity index (χ0v) is 12.3. The van der Waals surface area contributed by atoms with Crippen LogP contribution < -0.4 is 4.90 Å². The highest BCUT2D eigenvalue weighted by Crippen LogP contribution is 2.36. The van der Waals surface area contributed by atoms with E-state index < -0.39 is 0 Å². The summed E-state index contributed by atoms with van der Waals surface area (Å²) in [7, 11) is 0. The Hall–Kier alpha value is -1.51. The van der Waals surface area contributed by atoms with Crippen molar-refractivity contribution < 1.29 is 5.21 Å². The van der Waals surface area contributed by atoms with Gasteiger partial charge in [-0.05, 0) is 24.8 Å². The molecule has 3 nitrogen and oxygen atoms in total. The van der Waals surface area contributed by atoms with Gasteiger partial charge >= 0.3 is 0 Å². The van der Waals surface area contributed by atoms with Crippen LogP contribution in [0.3, 0.4) is 0 Å². The second-order valence-corrected chi connectivity index (χ2v) is 6.10. The Labute approximate surface area is 121 Å². The van der Waals surface area contributed by atoms with Gasteiger partial charge in [0.2, 0.25) is 0 Å². The van der Waals surface area contributed by atoms with E-state index in [1.807, 2.05) is 6.07 Å². The minimum absolute atomic E-state index is 0.662. The maximum absolute atomic E-state index is 9.18. The van der Waals surface area contributed by atoms with Crippen LogP contribution in [-0.2, 0) is 0 Å². The summed E-state index contributed by atoms with van der Waals surface area (Å²) in [6.45, 7) is 3.30. The molecule has 0 aromatic heterocycles. The molecular formula is C17H24N2O. The number of fused-ring (bicyclic) bond motifs is 1. The summed E-state index contributed by atoms with van der Waals surface area (Å²) in [5, 5.41) is 12.7. The molecule has 20 heavy (non-hydrogen) atoms. The molecule has 1 N–H and O–H groups in total. The number of anilines is 1. The highest BCUT2D eigenvalue weighted by Gasteiger charge is 2.30. The highest BCUT2D eigenvalue weighted by atomic mass is 16.4. The van der Waals surface area contributed by atoms with Crippen molar-refractivity contribution in [1.29, 1.82) is 0 Å². The molecule has 1 aromatic rings. The molecule has 0 spiro atoms. The van der Waals surface area contributed by atoms with Crippen molar-refractivity contribution in [3.63, 3.8) is 0 Å². The average Bonchev–Trinajstić information content (AvgIpc) is 2.54. The molecule has 3 heteroatoms. The van der Waals surface area contributed by atoms with E-state index in [4.69, 9.17) is 0 Å². The number of hydrogen-bond donors (Lipinski definition) is 1. The van der Waals surface area contributed by atoms with E-state index in [0.29, 0.717) is 6.04 Å². The van der Waals surface area contributed by atoms with Crippen LogP contribution in [0.2, 0.25) is 0 Å². The quantitative estimate of drug-likeness (QED) is 0.651. The van der Waals surface area contributed by atoms with Crippen LogP contribution in [0.1, 0.15) is 51.0 Å². The van der Waals surface area contributed by atoms with Crippen LogP contribution in [0.15, 0.2) is 29.4 Å². The normalized spacial score (nSPS) is 28.4. The maximum Gasteiger partial charge on any atom is 0.0906 e. The van der Waals surface area contributed by atoms with E-state index in [0.717, 1.165) is 30.2 Å². The first-order valence-corrected chi connectivity index (χ1v) is 7.90. The third-order valence-electron chi connectivity index (χ3n) is 5.01. The summed E-state index contributed by atoms with van der Waals surface area (Å²) in [5.41, 5.74) is 3.20. The third kappa shape index (κ3) is 2.41. The molecule has 2 atom stereocenters. The van der Waals surface area contributed by atoms with Gasteiger partial charge in [0.05, 0.1) is 5.71 Å². The van der Waals surface area contributed by atoms with Crippen LogP contribution >= 0.6 is 0 Å². The lowest BCUT2D eigenvalue weighted by Gasteiger charge is -2.42. The molecule has 1 aliphatic heterocycles. The monoisotopic (exact) mass is 272 g/mol. The van der Waals surface area contributed by atoms with Crippen LogP contribution in [0.25, 0.3) is 0 Å². The molecule has 108 valence electrons. The largest absolute Gasteiger partial charge is 0.411 e. The summed E-state index contributed by atoms with van der Waals surface area (Å²) >= 11 is 0. The SMILES string of the molecule is CCC1CCCC(N2CCC(=NO)c3ccccc32)C1. The van der Waals surface area contributed by atoms with E-state index in [1.54, 1.807) is 0 Å². The molecule has 1 aliphatic carbocycles. The molecular weight excluding hydrogens is 248 g/mol. The molecule has 1 saturated carbocycles. The number of oxime groups is 1. The van der Waals surface area contributed by atoms with Gasteiger partial charge in [-0.25, -0.2) is 0 Å². The van der Waals surface area contributed by atoms with Crippen molar-refractivity contribution >= 4 is 11.4 Å². The van der Waals surface area contributed by atoms with E-state index in [2.05, 4.69) is 35.2 Å². The number of rotatable bonds is 2. The molecule has 1 heterocycles. The van der Waals surface area contributed by atoms with E-state index in [1.165, 1.54) is 37.8 Å². The highest BCUT2D eigenvalue weighted by molar-refractivity contribution is 6.06. The van der Waals surface area contributed by atoms with Crippen molar-refractivity contribution in [2.45, 2.75) is 51.5 Å². The van der Waals surface area contributed by atoms with Crippen LogP contribution in [-0.4, -0.2) is 23.5 Å². The van der Waals surface area contributed by atoms with Gasteiger partial charge < -0.3 is 10.1 Å². The molecule has 1 fully saturated rings. The van der Waals surface area contributed by atoms with Gasteiger partial charge in [-0.1, -0.05) is 49.5 Å². The van der Waals surface area contributed by atoms with Crippen LogP contribution in [0.5, 0.6) is 0 Å². The Morgan fingerprint density at radius 1 is 1.30 bits per heavy atom. The van der Waals surface area contributed by atoms with Crippen molar-refractivity contribution in [2.75, 3.05) is 11.4 Å². The molecule has 0 amide bonds. The van der Waals surface area contributed by atoms with Gasteiger partial charge in [0, 0.05) is 30.3 Å². The Morgan fingerprint density at radius 2 is 2.15 bits per heavy atom. The number of benzene rings is 1. The minimum Gasteiger partial charge on any atom is -0.411 e. The molecule has 0 radical (unpaired) electrons. The summed E-state index contributed by atoms with van der Waals surface area (Å²) in [6, 6.07) is 9.04. The summed E-state index contributed by atoms with van der Waals surface area (Å²) < 4.78 is 0. The summed E-state index contributed by atoms with van der Waals surface area (Å²) in [4.78, 5) is 2.56. The minimum atomic E-state index is 0.662. The van der Waals surface area contributed by atoms with Gasteiger partial charge in [-0.3, -0.25) is 0 Å². The zero-order chi connectivity index (χ0) is 13.9. The Morgan fingerprint density at radius 3 is 2.95 bits per heavy atom. The van der Waals surface area contributed by atoms with Crippen molar-refractivity contribution in [3.8, 4) is 0 Å². The first-order chi connectivity index (χ1) is 9.83. The Balaban J connectivity index is 1.88. The van der Waals surface area contributed by atoms with Crippen molar-refractivity contribution in [2.24, 2.45) is 11.1 Å². The van der Waals surface area contributed by atoms with Gasteiger partial charge in [0.25, 0.3) is 0 Å². The van der Waals surface area contributed by atoms with Gasteiger partial charge in [-0.2, -0.15) is 0 Å². The second-order valence-electron chi connectivity index (χ2n) is 6.10. The number of nitrogens with zero attached hydrogens (tertiary/aromatic N) is 2. The fraction of sp³-hybridized carbons (Fsp3) is 0.588. The standard InChI is InChI=1S/C17H24N2O/c1-2-13-6-5-7-14(12-13)19-11-10-16(18-20)15-8-3-4-9-17(15)19/h3-4,8-9,13-14,20H,2,5-7,10-12H2,1H3. The van der Waals surface area contributed by atoms with E-state index in [9.17, 15) is 5.21 Å². The first kappa shape index (κ1) is 13.5. The predicted octanol–water partition coefficient (Wildman–Crippen LogP) is 4.04. The molecule has 0 saturated heterocycles. The molecule has 1 aromatic carbocycles. The summed E-state index contributed by atoms with van der Waals surface area (Å²) in [6.07, 6.45) is 7.51. The summed E-state index contributed by atoms with van der Waals surface area (Å²) in [5.74, 6) is 0.883. The smallest absolute Gasteiger partial charge is 0.0906 e. The van der Waals surface area contributed by atoms with E-state index in [-0.39, 0.29) is 0 Å². The number of hydrogen-bond acceptors (Lipinski definition) is 3. The van der Waals surface area contributed by atoms with Gasteiger partial charge in [0.15, 0.2) is 0 Å². The first-order valence-electron chi connectivity index (χ1n) is 7.90. The van der Waals surface area contributed by atoms with Gasteiger partial charge in [0.1, 0.15) is 0 Å². The fourth-order valence-electron chi connectivity index (χ4n) is 3.85. The second kappa shape index (κ2) is 5.86.